The highest BCUT2D eigenvalue weighted by molar-refractivity contribution is 7.81. The molecule has 116 valence electrons. The van der Waals surface area contributed by atoms with Gasteiger partial charge in [0.25, 0.3) is 9.74 Å². The van der Waals surface area contributed by atoms with Crippen LogP contribution in [0.2, 0.25) is 0 Å². The zero-order chi connectivity index (χ0) is 14.8. The Morgan fingerprint density at radius 2 is 1.05 bits per heavy atom. The van der Waals surface area contributed by atoms with Crippen LogP contribution in [0.15, 0.2) is 0 Å². The first-order valence-corrected chi connectivity index (χ1v) is 9.38. The van der Waals surface area contributed by atoms with Crippen LogP contribution in [-0.4, -0.2) is 32.0 Å². The zero-order valence-corrected chi connectivity index (χ0v) is 13.1. The molecule has 2 unspecified atom stereocenters. The minimum absolute atomic E-state index is 0.381. The maximum absolute atomic E-state index is 11.9. The summed E-state index contributed by atoms with van der Waals surface area (Å²) in [5.74, 6) is 0. The van der Waals surface area contributed by atoms with E-state index >= 15 is 0 Å². The molecule has 0 aromatic rings. The van der Waals surface area contributed by atoms with E-state index in [9.17, 15) is 23.1 Å². The van der Waals surface area contributed by atoms with Crippen molar-refractivity contribution in [3.05, 3.63) is 5.53 Å². The Labute approximate surface area is 124 Å². The highest BCUT2D eigenvalue weighted by atomic mass is 32.2. The van der Waals surface area contributed by atoms with Crippen molar-refractivity contribution in [1.29, 1.82) is 0 Å². The molecule has 2 atom stereocenters. The topological polar surface area (TPSA) is 99.9 Å². The van der Waals surface area contributed by atoms with Gasteiger partial charge in [0.05, 0.1) is 0 Å². The summed E-state index contributed by atoms with van der Waals surface area (Å²) in [6.45, 7) is 0. The summed E-state index contributed by atoms with van der Waals surface area (Å²) in [6.07, 6.45) is 6.43. The Balaban J connectivity index is 2.38. The van der Waals surface area contributed by atoms with Crippen LogP contribution in [0, 0.1) is 0 Å². The third-order valence-electron chi connectivity index (χ3n) is 4.69. The smallest absolute Gasteiger partial charge is 0.252 e. The maximum atomic E-state index is 11.9. The van der Waals surface area contributed by atoms with E-state index in [1.165, 1.54) is 0 Å². The Bertz CT molecular complexity index is 391. The molecule has 0 aromatic heterocycles. The van der Waals surface area contributed by atoms with Gasteiger partial charge in [0.2, 0.25) is 22.2 Å². The van der Waals surface area contributed by atoms with Crippen molar-refractivity contribution >= 4 is 22.2 Å². The van der Waals surface area contributed by atoms with E-state index in [1.807, 2.05) is 0 Å². The lowest BCUT2D eigenvalue weighted by atomic mass is 9.89. The monoisotopic (exact) mass is 322 g/mol. The highest BCUT2D eigenvalue weighted by Gasteiger charge is 2.57. The molecule has 0 saturated heterocycles. The van der Waals surface area contributed by atoms with Gasteiger partial charge in [0.15, 0.2) is 0 Å². The van der Waals surface area contributed by atoms with Crippen LogP contribution in [0.1, 0.15) is 64.2 Å². The lowest BCUT2D eigenvalue weighted by Crippen LogP contribution is -2.58. The van der Waals surface area contributed by atoms with Crippen LogP contribution in [0.25, 0.3) is 5.53 Å². The van der Waals surface area contributed by atoms with E-state index in [0.29, 0.717) is 25.7 Å². The molecule has 2 saturated carbocycles. The molecule has 0 radical (unpaired) electrons. The molecule has 2 rings (SSSR count). The number of nitrogens with zero attached hydrogens (tertiary/aromatic N) is 2. The molecule has 0 spiro atoms. The summed E-state index contributed by atoms with van der Waals surface area (Å²) in [7, 11) is 0. The summed E-state index contributed by atoms with van der Waals surface area (Å²) in [5.41, 5.74) is 10.7. The normalized spacial score (nSPS) is 28.5. The molecular weight excluding hydrogens is 300 g/mol. The summed E-state index contributed by atoms with van der Waals surface area (Å²) in [6, 6.07) is 0. The van der Waals surface area contributed by atoms with Gasteiger partial charge in [-0.3, -0.25) is 4.70 Å². The second-order valence-corrected chi connectivity index (χ2v) is 8.34. The van der Waals surface area contributed by atoms with Crippen LogP contribution >= 0.6 is 0 Å². The zero-order valence-electron chi connectivity index (χ0n) is 11.5. The van der Waals surface area contributed by atoms with Gasteiger partial charge >= 0.3 is 0 Å². The molecule has 6 nitrogen and oxygen atoms in total. The molecule has 0 aliphatic heterocycles. The first-order valence-electron chi connectivity index (χ1n) is 7.17. The SMILES string of the molecule is [N-]=[N+](C1(S(=O)O)CCCCC1)C1(S(=O)O)CCCCC1. The van der Waals surface area contributed by atoms with Gasteiger partial charge in [-0.2, -0.15) is 0 Å². The molecule has 0 amide bonds. The predicted octanol–water partition coefficient (Wildman–Crippen LogP) is 2.78. The van der Waals surface area contributed by atoms with E-state index in [-0.39, 0.29) is 0 Å². The quantitative estimate of drug-likeness (QED) is 0.472. The van der Waals surface area contributed by atoms with Crippen molar-refractivity contribution in [1.82, 2.24) is 0 Å². The Kier molecular flexibility index (Phi) is 5.09. The molecule has 8 heteroatoms. The van der Waals surface area contributed by atoms with Crippen LogP contribution in [0.4, 0.5) is 0 Å². The standard InChI is InChI=1S/C12H22N2O4S2/c13-14(11(19(15)16)7-3-1-4-8-11)12(20(17)18)9-5-2-6-10-12/h1-10H2,(H,15,16)(H,17,18). The second kappa shape index (κ2) is 6.29. The summed E-state index contributed by atoms with van der Waals surface area (Å²) in [5, 5.41) is 0. The fourth-order valence-electron chi connectivity index (χ4n) is 3.50. The molecule has 2 fully saturated rings. The molecule has 0 bridgehead atoms. The minimum atomic E-state index is -2.25. The van der Waals surface area contributed by atoms with Crippen molar-refractivity contribution in [2.45, 2.75) is 74.0 Å². The van der Waals surface area contributed by atoms with E-state index < -0.39 is 31.9 Å². The van der Waals surface area contributed by atoms with Crippen LogP contribution in [0.5, 0.6) is 0 Å². The summed E-state index contributed by atoms with van der Waals surface area (Å²) < 4.78 is 43.9. The molecule has 0 heterocycles. The van der Waals surface area contributed by atoms with Crippen molar-refractivity contribution in [2.75, 3.05) is 0 Å². The number of hydrogen-bond acceptors (Lipinski definition) is 2. The van der Waals surface area contributed by atoms with Gasteiger partial charge in [-0.1, -0.05) is 12.8 Å². The van der Waals surface area contributed by atoms with Gasteiger partial charge < -0.3 is 14.6 Å². The average Bonchev–Trinajstić information content (AvgIpc) is 2.47. The summed E-state index contributed by atoms with van der Waals surface area (Å²) in [4.78, 5) is -2.60. The first-order chi connectivity index (χ1) is 9.46. The van der Waals surface area contributed by atoms with E-state index in [4.69, 9.17) is 0 Å². The number of hydrogen-bond donors (Lipinski definition) is 2. The molecule has 2 N–H and O–H groups in total. The van der Waals surface area contributed by atoms with Crippen LogP contribution < -0.4 is 0 Å². The van der Waals surface area contributed by atoms with Gasteiger partial charge in [-0.15, -0.1) is 0 Å². The third kappa shape index (κ3) is 2.63. The lowest BCUT2D eigenvalue weighted by molar-refractivity contribution is -0.656. The molecule has 2 aliphatic carbocycles. The Morgan fingerprint density at radius 1 is 0.750 bits per heavy atom. The van der Waals surface area contributed by atoms with E-state index in [1.54, 1.807) is 0 Å². The molecular formula is C12H22N2O4S2. The summed E-state index contributed by atoms with van der Waals surface area (Å²) >= 11 is -4.51. The van der Waals surface area contributed by atoms with Gasteiger partial charge in [0, 0.05) is 25.7 Å². The van der Waals surface area contributed by atoms with Crippen molar-refractivity contribution in [3.63, 3.8) is 0 Å². The fraction of sp³-hybridized carbons (Fsp3) is 1.00. The maximum Gasteiger partial charge on any atom is 0.252 e. The van der Waals surface area contributed by atoms with Crippen LogP contribution in [-0.2, 0) is 22.2 Å². The van der Waals surface area contributed by atoms with E-state index in [0.717, 1.165) is 43.2 Å². The van der Waals surface area contributed by atoms with Gasteiger partial charge in [-0.05, 0) is 25.7 Å². The highest BCUT2D eigenvalue weighted by Crippen LogP contribution is 2.43. The van der Waals surface area contributed by atoms with Crippen molar-refractivity contribution in [3.8, 4) is 0 Å². The van der Waals surface area contributed by atoms with Gasteiger partial charge in [-0.25, -0.2) is 8.42 Å². The minimum Gasteiger partial charge on any atom is -0.504 e. The largest absolute Gasteiger partial charge is 0.504 e. The second-order valence-electron chi connectivity index (χ2n) is 5.82. The van der Waals surface area contributed by atoms with Crippen LogP contribution in [0.3, 0.4) is 0 Å². The average molecular weight is 322 g/mol. The fourth-order valence-corrected chi connectivity index (χ4v) is 5.48. The Hall–Kier alpha value is -0.180. The first kappa shape index (κ1) is 16.2. The third-order valence-corrected chi connectivity index (χ3v) is 7.15. The van der Waals surface area contributed by atoms with Crippen molar-refractivity contribution < 1.29 is 22.2 Å². The number of rotatable bonds is 4. The predicted molar refractivity (Wildman–Crippen MR) is 76.8 cm³/mol. The van der Waals surface area contributed by atoms with Crippen molar-refractivity contribution in [2.24, 2.45) is 0 Å². The Morgan fingerprint density at radius 3 is 1.30 bits per heavy atom. The molecule has 0 aromatic carbocycles. The van der Waals surface area contributed by atoms with E-state index in [2.05, 4.69) is 0 Å². The van der Waals surface area contributed by atoms with Gasteiger partial charge in [0.1, 0.15) is 0 Å². The lowest BCUT2D eigenvalue weighted by Gasteiger charge is -2.43. The molecule has 20 heavy (non-hydrogen) atoms. The molecule has 2 aliphatic rings.